The second-order valence-electron chi connectivity index (χ2n) is 6.18. The second-order valence-corrected chi connectivity index (χ2v) is 6.18. The van der Waals surface area contributed by atoms with E-state index in [9.17, 15) is 0 Å². The van der Waals surface area contributed by atoms with Gasteiger partial charge in [0.15, 0.2) is 7.05 Å². The minimum absolute atomic E-state index is 0.00669. The Hall–Kier alpha value is -2.36. The first-order valence-electron chi connectivity index (χ1n) is 9.14. The lowest BCUT2D eigenvalue weighted by atomic mass is 9.95. The summed E-state index contributed by atoms with van der Waals surface area (Å²) in [5, 5.41) is 4.52. The number of aryl methyl sites for hydroxylation is 6. The molecule has 0 unspecified atom stereocenters. The summed E-state index contributed by atoms with van der Waals surface area (Å²) >= 11 is 0. The van der Waals surface area contributed by atoms with Crippen LogP contribution in [-0.4, -0.2) is 15.1 Å². The summed E-state index contributed by atoms with van der Waals surface area (Å²) in [6.07, 6.45) is 0. The van der Waals surface area contributed by atoms with Crippen LogP contribution in [0.5, 0.6) is 0 Å². The van der Waals surface area contributed by atoms with Gasteiger partial charge in [0.1, 0.15) is 5.52 Å². The second kappa shape index (κ2) is 5.37. The van der Waals surface area contributed by atoms with Gasteiger partial charge in [0.25, 0.3) is 0 Å². The molecule has 4 heteroatoms. The van der Waals surface area contributed by atoms with Gasteiger partial charge in [-0.2, -0.15) is 0 Å². The quantitative estimate of drug-likeness (QED) is 0.647. The molecule has 2 aromatic heterocycles. The Morgan fingerprint density at radius 1 is 0.957 bits per heavy atom. The van der Waals surface area contributed by atoms with E-state index < -0.39 is 6.85 Å². The Labute approximate surface area is 141 Å². The molecule has 0 saturated carbocycles. The fraction of sp³-hybridized carbons (Fsp3) is 0.368. The van der Waals surface area contributed by atoms with Crippen molar-refractivity contribution < 1.29 is 8.79 Å². The summed E-state index contributed by atoms with van der Waals surface area (Å²) in [5.74, 6) is 0. The minimum atomic E-state index is -2.30. The Morgan fingerprint density at radius 3 is 2.39 bits per heavy atom. The zero-order valence-corrected chi connectivity index (χ0v) is 14.4. The molecule has 23 heavy (non-hydrogen) atoms. The fourth-order valence-electron chi connectivity index (χ4n) is 3.04. The van der Waals surface area contributed by atoms with Crippen LogP contribution in [0, 0.1) is 41.5 Å². The van der Waals surface area contributed by atoms with Gasteiger partial charge < -0.3 is 0 Å². The van der Waals surface area contributed by atoms with Gasteiger partial charge in [-0.3, -0.25) is 0 Å². The molecule has 0 aliphatic carbocycles. The van der Waals surface area contributed by atoms with Crippen LogP contribution in [0.15, 0.2) is 12.1 Å². The van der Waals surface area contributed by atoms with Crippen molar-refractivity contribution in [3.8, 4) is 11.3 Å². The van der Waals surface area contributed by atoms with Crippen molar-refractivity contribution >= 4 is 11.2 Å². The Kier molecular flexibility index (Phi) is 2.83. The van der Waals surface area contributed by atoms with Crippen LogP contribution in [0.2, 0.25) is 0 Å². The molecule has 0 spiro atoms. The Morgan fingerprint density at radius 2 is 1.70 bits per heavy atom. The van der Waals surface area contributed by atoms with Gasteiger partial charge >= 0.3 is 0 Å². The summed E-state index contributed by atoms with van der Waals surface area (Å²) in [7, 11) is 1.86. The van der Waals surface area contributed by atoms with E-state index in [2.05, 4.69) is 48.0 Å². The maximum absolute atomic E-state index is 7.64. The van der Waals surface area contributed by atoms with Gasteiger partial charge in [-0.15, -0.1) is 0 Å². The fourth-order valence-corrected chi connectivity index (χ4v) is 3.04. The number of benzene rings is 1. The maximum atomic E-state index is 7.64. The lowest BCUT2D eigenvalue weighted by Gasteiger charge is -2.11. The van der Waals surface area contributed by atoms with Crippen LogP contribution in [0.25, 0.3) is 22.4 Å². The summed E-state index contributed by atoms with van der Waals surface area (Å²) in [5.41, 5.74) is 8.04. The first kappa shape index (κ1) is 12.1. The Bertz CT molecular complexity index is 1040. The van der Waals surface area contributed by atoms with E-state index in [0.717, 1.165) is 16.8 Å². The highest BCUT2D eigenvalue weighted by molar-refractivity contribution is 5.80. The van der Waals surface area contributed by atoms with Gasteiger partial charge in [0.2, 0.25) is 11.3 Å². The van der Waals surface area contributed by atoms with Crippen molar-refractivity contribution in [2.24, 2.45) is 7.05 Å². The highest BCUT2D eigenvalue weighted by Gasteiger charge is 2.23. The molecule has 118 valence electrons. The normalized spacial score (nSPS) is 13.7. The molecule has 0 fully saturated rings. The monoisotopic (exact) mass is 310 g/mol. The van der Waals surface area contributed by atoms with E-state index in [4.69, 9.17) is 4.11 Å². The molecule has 0 atom stereocenters. The lowest BCUT2D eigenvalue weighted by molar-refractivity contribution is -0.718. The van der Waals surface area contributed by atoms with Crippen LogP contribution >= 0.6 is 0 Å². The molecule has 0 saturated heterocycles. The molecule has 0 radical (unpaired) electrons. The smallest absolute Gasteiger partial charge is 0.246 e. The minimum Gasteiger partial charge on any atom is -0.247 e. The van der Waals surface area contributed by atoms with Crippen molar-refractivity contribution in [1.82, 2.24) is 15.1 Å². The molecule has 3 rings (SSSR count). The highest BCUT2D eigenvalue weighted by atomic mass is 15.3. The summed E-state index contributed by atoms with van der Waals surface area (Å²) < 4.78 is 24.7. The van der Waals surface area contributed by atoms with E-state index in [-0.39, 0.29) is 5.69 Å². The average molecular weight is 310 g/mol. The molecular formula is C19H23N4+. The zero-order valence-electron chi connectivity index (χ0n) is 17.4. The predicted octanol–water partition coefficient (Wildman–Crippen LogP) is 3.37. The lowest BCUT2D eigenvalue weighted by Crippen LogP contribution is -2.37. The molecule has 0 aliphatic rings. The number of rotatable bonds is 1. The molecule has 3 aromatic rings. The number of nitrogens with zero attached hydrogens (tertiary/aromatic N) is 4. The van der Waals surface area contributed by atoms with Gasteiger partial charge in [-0.25, -0.2) is 9.97 Å². The van der Waals surface area contributed by atoms with E-state index in [1.165, 1.54) is 16.7 Å². The first-order chi connectivity index (χ1) is 12.0. The maximum Gasteiger partial charge on any atom is 0.246 e. The number of hydrogen-bond donors (Lipinski definition) is 0. The van der Waals surface area contributed by atoms with Crippen LogP contribution in [-0.2, 0) is 7.05 Å². The van der Waals surface area contributed by atoms with E-state index in [1.807, 2.05) is 14.0 Å². The van der Waals surface area contributed by atoms with Crippen LogP contribution < -0.4 is 4.68 Å². The summed E-state index contributed by atoms with van der Waals surface area (Å²) in [4.78, 5) is 8.85. The number of fused-ring (bicyclic) bond motifs is 1. The van der Waals surface area contributed by atoms with Crippen molar-refractivity contribution in [1.29, 1.82) is 0 Å². The first-order valence-corrected chi connectivity index (χ1v) is 7.64. The standard InChI is InChI=1S/C19H23N4/c1-10-8-11(2)12(3)16(9-10)18-13(4)17-19(22-23(18)7)21-15(6)14(5)20-17/h8-9H,1-7H3/q+1/i6D3. The van der Waals surface area contributed by atoms with Crippen molar-refractivity contribution in [2.45, 2.75) is 41.5 Å². The molecule has 4 nitrogen and oxygen atoms in total. The third kappa shape index (κ3) is 2.48. The molecule has 0 bridgehead atoms. The molecule has 0 N–H and O–H groups in total. The van der Waals surface area contributed by atoms with E-state index >= 15 is 0 Å². The van der Waals surface area contributed by atoms with Crippen LogP contribution in [0.1, 0.15) is 37.8 Å². The third-order valence-electron chi connectivity index (χ3n) is 4.40. The number of aromatic nitrogens is 4. The SMILES string of the molecule is [2H]C([2H])([2H])c1nc2n[n+](C)c(-c3cc(C)cc(C)c3C)c(C)c2nc1C. The largest absolute Gasteiger partial charge is 0.247 e. The highest BCUT2D eigenvalue weighted by Crippen LogP contribution is 2.29. The van der Waals surface area contributed by atoms with E-state index in [0.29, 0.717) is 16.9 Å². The number of hydrogen-bond acceptors (Lipinski definition) is 3. The molecule has 0 amide bonds. The Balaban J connectivity index is 2.37. The van der Waals surface area contributed by atoms with E-state index in [1.54, 1.807) is 11.6 Å². The van der Waals surface area contributed by atoms with Gasteiger partial charge in [-0.05, 0) is 58.7 Å². The topological polar surface area (TPSA) is 42.5 Å². The molecular weight excluding hydrogens is 284 g/mol. The van der Waals surface area contributed by atoms with Gasteiger partial charge in [-0.1, -0.05) is 16.3 Å². The van der Waals surface area contributed by atoms with Crippen molar-refractivity contribution in [2.75, 3.05) is 0 Å². The van der Waals surface area contributed by atoms with Crippen molar-refractivity contribution in [3.05, 3.63) is 45.8 Å². The van der Waals surface area contributed by atoms with Gasteiger partial charge in [0, 0.05) is 9.21 Å². The predicted molar refractivity (Wildman–Crippen MR) is 92.4 cm³/mol. The van der Waals surface area contributed by atoms with Crippen molar-refractivity contribution in [3.63, 3.8) is 0 Å². The van der Waals surface area contributed by atoms with Crippen LogP contribution in [0.4, 0.5) is 0 Å². The summed E-state index contributed by atoms with van der Waals surface area (Å²) in [6.45, 7) is 7.64. The third-order valence-corrected chi connectivity index (χ3v) is 4.40. The molecule has 1 aromatic carbocycles. The molecule has 2 heterocycles. The van der Waals surface area contributed by atoms with Crippen LogP contribution in [0.3, 0.4) is 0 Å². The average Bonchev–Trinajstić information content (AvgIpc) is 2.51. The summed E-state index contributed by atoms with van der Waals surface area (Å²) in [6, 6.07) is 4.31. The molecule has 0 aliphatic heterocycles. The van der Waals surface area contributed by atoms with Gasteiger partial charge in [0.05, 0.1) is 22.5 Å². The zero-order chi connectivity index (χ0) is 19.4.